The maximum Gasteiger partial charge on any atom is 0.185 e. The van der Waals surface area contributed by atoms with E-state index < -0.39 is 0 Å². The van der Waals surface area contributed by atoms with Gasteiger partial charge in [-0.1, -0.05) is 27.7 Å². The first kappa shape index (κ1) is 16.8. The van der Waals surface area contributed by atoms with E-state index in [0.29, 0.717) is 11.8 Å². The van der Waals surface area contributed by atoms with Crippen molar-refractivity contribution in [1.29, 1.82) is 0 Å². The maximum absolute atomic E-state index is 10.1. The molecule has 120 valence electrons. The molecule has 1 heterocycles. The number of aliphatic hydroxyl groups is 1. The van der Waals surface area contributed by atoms with Crippen molar-refractivity contribution in [3.05, 3.63) is 10.6 Å². The lowest BCUT2D eigenvalue weighted by atomic mass is 10.0. The van der Waals surface area contributed by atoms with Crippen LogP contribution in [0.4, 0.5) is 5.13 Å². The largest absolute Gasteiger partial charge is 0.387 e. The van der Waals surface area contributed by atoms with E-state index in [1.807, 2.05) is 0 Å². The zero-order chi connectivity index (χ0) is 15.4. The van der Waals surface area contributed by atoms with Gasteiger partial charge in [0.15, 0.2) is 5.13 Å². The molecule has 0 fully saturated rings. The number of aromatic nitrogens is 1. The normalized spacial score (nSPS) is 18.3. The molecule has 3 nitrogen and oxygen atoms in total. The van der Waals surface area contributed by atoms with Gasteiger partial charge in [0.1, 0.15) is 0 Å². The molecule has 1 aromatic heterocycles. The highest BCUT2D eigenvalue weighted by Crippen LogP contribution is 2.36. The third-order valence-corrected chi connectivity index (χ3v) is 5.33. The van der Waals surface area contributed by atoms with Crippen LogP contribution in [0.3, 0.4) is 0 Å². The minimum atomic E-state index is -0.337. The molecule has 1 aliphatic rings. The molecule has 21 heavy (non-hydrogen) atoms. The van der Waals surface area contributed by atoms with Gasteiger partial charge in [-0.3, -0.25) is 0 Å². The number of aliphatic hydroxyl groups excluding tert-OH is 1. The molecule has 0 spiro atoms. The Hall–Kier alpha value is -0.610. The van der Waals surface area contributed by atoms with E-state index >= 15 is 0 Å². The van der Waals surface area contributed by atoms with Gasteiger partial charge < -0.3 is 10.0 Å². The van der Waals surface area contributed by atoms with Crippen LogP contribution in [-0.4, -0.2) is 23.2 Å². The lowest BCUT2D eigenvalue weighted by molar-refractivity contribution is 0.153. The first-order valence-corrected chi connectivity index (χ1v) is 9.21. The first-order chi connectivity index (χ1) is 9.97. The Kier molecular flexibility index (Phi) is 6.06. The Morgan fingerprint density at radius 3 is 2.33 bits per heavy atom. The lowest BCUT2D eigenvalue weighted by Gasteiger charge is -2.23. The molecule has 1 N–H and O–H groups in total. The lowest BCUT2D eigenvalue weighted by Crippen LogP contribution is -2.27. The van der Waals surface area contributed by atoms with Crippen molar-refractivity contribution < 1.29 is 5.11 Å². The first-order valence-electron chi connectivity index (χ1n) is 8.40. The van der Waals surface area contributed by atoms with Gasteiger partial charge in [0.25, 0.3) is 0 Å². The summed E-state index contributed by atoms with van der Waals surface area (Å²) in [5.41, 5.74) is 0.959. The van der Waals surface area contributed by atoms with Crippen LogP contribution in [0.25, 0.3) is 0 Å². The van der Waals surface area contributed by atoms with Gasteiger partial charge in [-0.15, -0.1) is 11.3 Å². The second-order valence-corrected chi connectivity index (χ2v) is 8.13. The summed E-state index contributed by atoms with van der Waals surface area (Å²) in [6.07, 6.45) is 5.11. The van der Waals surface area contributed by atoms with Gasteiger partial charge in [-0.2, -0.15) is 0 Å². The molecule has 1 unspecified atom stereocenters. The molecule has 1 aliphatic carbocycles. The quantitative estimate of drug-likeness (QED) is 0.810. The highest BCUT2D eigenvalue weighted by molar-refractivity contribution is 7.15. The van der Waals surface area contributed by atoms with Crippen LogP contribution < -0.4 is 4.90 Å². The fraction of sp³-hybridized carbons (Fsp3) is 0.824. The third-order valence-electron chi connectivity index (χ3n) is 4.14. The van der Waals surface area contributed by atoms with Crippen molar-refractivity contribution in [2.75, 3.05) is 18.0 Å². The van der Waals surface area contributed by atoms with Crippen LogP contribution in [-0.2, 0) is 6.42 Å². The molecule has 4 heteroatoms. The highest BCUT2D eigenvalue weighted by Gasteiger charge is 2.24. The zero-order valence-corrected chi connectivity index (χ0v) is 14.7. The smallest absolute Gasteiger partial charge is 0.185 e. The van der Waals surface area contributed by atoms with Crippen LogP contribution in [0, 0.1) is 11.8 Å². The van der Waals surface area contributed by atoms with E-state index in [1.54, 1.807) is 11.3 Å². The van der Waals surface area contributed by atoms with E-state index in [9.17, 15) is 5.11 Å². The number of anilines is 1. The van der Waals surface area contributed by atoms with Crippen molar-refractivity contribution in [2.24, 2.45) is 11.8 Å². The van der Waals surface area contributed by atoms with E-state index in [4.69, 9.17) is 4.98 Å². The number of rotatable bonds is 7. The van der Waals surface area contributed by atoms with E-state index in [0.717, 1.165) is 43.2 Å². The molecule has 0 saturated heterocycles. The average molecular weight is 311 g/mol. The zero-order valence-electron chi connectivity index (χ0n) is 13.9. The second-order valence-electron chi connectivity index (χ2n) is 7.06. The predicted molar refractivity (Wildman–Crippen MR) is 91.1 cm³/mol. The number of aryl methyl sites for hydroxylation is 1. The second kappa shape index (κ2) is 7.59. The summed E-state index contributed by atoms with van der Waals surface area (Å²) in [4.78, 5) is 8.53. The standard InChI is InChI=1S/C17H30N2OS/c1-12(2)8-10-19(11-9-13(3)4)17-18-16-14(20)6-5-7-15(16)21-17/h12-14,20H,5-11H2,1-4H3. The average Bonchev–Trinajstić information content (AvgIpc) is 2.83. The van der Waals surface area contributed by atoms with E-state index in [-0.39, 0.29) is 6.10 Å². The summed E-state index contributed by atoms with van der Waals surface area (Å²) in [7, 11) is 0. The van der Waals surface area contributed by atoms with Gasteiger partial charge in [-0.25, -0.2) is 4.98 Å². The van der Waals surface area contributed by atoms with Gasteiger partial charge in [0.2, 0.25) is 0 Å². The number of thiazole rings is 1. The Morgan fingerprint density at radius 1 is 1.19 bits per heavy atom. The number of fused-ring (bicyclic) bond motifs is 1. The van der Waals surface area contributed by atoms with Crippen LogP contribution in [0.2, 0.25) is 0 Å². The Morgan fingerprint density at radius 2 is 1.81 bits per heavy atom. The van der Waals surface area contributed by atoms with Crippen molar-refractivity contribution >= 4 is 16.5 Å². The molecule has 0 aliphatic heterocycles. The molecule has 0 radical (unpaired) electrons. The Balaban J connectivity index is 2.11. The fourth-order valence-electron chi connectivity index (χ4n) is 2.65. The number of hydrogen-bond acceptors (Lipinski definition) is 4. The van der Waals surface area contributed by atoms with Crippen molar-refractivity contribution in [2.45, 2.75) is 65.9 Å². The number of nitrogens with zero attached hydrogens (tertiary/aromatic N) is 2. The van der Waals surface area contributed by atoms with Crippen LogP contribution >= 0.6 is 11.3 Å². The van der Waals surface area contributed by atoms with Crippen molar-refractivity contribution in [3.63, 3.8) is 0 Å². The molecule has 0 amide bonds. The van der Waals surface area contributed by atoms with Gasteiger partial charge >= 0.3 is 0 Å². The van der Waals surface area contributed by atoms with Crippen molar-refractivity contribution in [3.8, 4) is 0 Å². The Labute approximate surface area is 133 Å². The predicted octanol–water partition coefficient (Wildman–Crippen LogP) is 4.41. The minimum Gasteiger partial charge on any atom is -0.387 e. The monoisotopic (exact) mass is 310 g/mol. The third kappa shape index (κ3) is 4.68. The van der Waals surface area contributed by atoms with Crippen LogP contribution in [0.1, 0.15) is 70.1 Å². The van der Waals surface area contributed by atoms with Gasteiger partial charge in [-0.05, 0) is 43.9 Å². The summed E-state index contributed by atoms with van der Waals surface area (Å²) in [6, 6.07) is 0. The van der Waals surface area contributed by atoms with Gasteiger partial charge in [0, 0.05) is 18.0 Å². The molecular weight excluding hydrogens is 280 g/mol. The topological polar surface area (TPSA) is 36.4 Å². The van der Waals surface area contributed by atoms with E-state index in [2.05, 4.69) is 32.6 Å². The van der Waals surface area contributed by atoms with Crippen LogP contribution in [0.15, 0.2) is 0 Å². The molecule has 0 saturated carbocycles. The Bertz CT molecular complexity index is 430. The highest BCUT2D eigenvalue weighted by atomic mass is 32.1. The molecule has 1 aromatic rings. The van der Waals surface area contributed by atoms with Gasteiger partial charge in [0.05, 0.1) is 11.8 Å². The summed E-state index contributed by atoms with van der Waals surface area (Å²) >= 11 is 1.81. The molecule has 0 bridgehead atoms. The molecule has 0 aromatic carbocycles. The minimum absolute atomic E-state index is 0.337. The maximum atomic E-state index is 10.1. The molecular formula is C17H30N2OS. The molecule has 1 atom stereocenters. The SMILES string of the molecule is CC(C)CCN(CCC(C)C)c1nc2c(s1)CCCC2O. The summed E-state index contributed by atoms with van der Waals surface area (Å²) < 4.78 is 0. The summed E-state index contributed by atoms with van der Waals surface area (Å²) in [6.45, 7) is 11.3. The fourth-order valence-corrected chi connectivity index (χ4v) is 3.86. The van der Waals surface area contributed by atoms with Crippen LogP contribution in [0.5, 0.6) is 0 Å². The summed E-state index contributed by atoms with van der Waals surface area (Å²) in [5.74, 6) is 1.43. The summed E-state index contributed by atoms with van der Waals surface area (Å²) in [5, 5.41) is 11.2. The van der Waals surface area contributed by atoms with Crippen molar-refractivity contribution in [1.82, 2.24) is 4.98 Å². The molecule has 2 rings (SSSR count). The van der Waals surface area contributed by atoms with E-state index in [1.165, 1.54) is 17.7 Å². The number of hydrogen-bond donors (Lipinski definition) is 1.